The second-order valence-electron chi connectivity index (χ2n) is 7.35. The van der Waals surface area contributed by atoms with Gasteiger partial charge in [0.05, 0.1) is 29.3 Å². The van der Waals surface area contributed by atoms with Crippen molar-refractivity contribution in [1.29, 1.82) is 5.26 Å². The third kappa shape index (κ3) is 3.96. The number of allylic oxidation sites excluding steroid dienone is 1. The van der Waals surface area contributed by atoms with Gasteiger partial charge in [-0.15, -0.1) is 0 Å². The van der Waals surface area contributed by atoms with Crippen LogP contribution in [0.2, 0.25) is 0 Å². The summed E-state index contributed by atoms with van der Waals surface area (Å²) in [4.78, 5) is 23.4. The van der Waals surface area contributed by atoms with Gasteiger partial charge in [-0.3, -0.25) is 4.98 Å². The topological polar surface area (TPSA) is 123 Å². The van der Waals surface area contributed by atoms with E-state index in [4.69, 9.17) is 5.73 Å². The zero-order valence-corrected chi connectivity index (χ0v) is 17.6. The van der Waals surface area contributed by atoms with Gasteiger partial charge in [0.15, 0.2) is 0 Å². The number of pyridine rings is 1. The number of nitrogen functional groups attached to an aromatic ring is 1. The fourth-order valence-electron chi connectivity index (χ4n) is 3.74. The van der Waals surface area contributed by atoms with Crippen molar-refractivity contribution in [1.82, 2.24) is 19.5 Å². The van der Waals surface area contributed by atoms with Gasteiger partial charge < -0.3 is 10.3 Å². The summed E-state index contributed by atoms with van der Waals surface area (Å²) >= 11 is 0. The van der Waals surface area contributed by atoms with Crippen LogP contribution in [-0.2, 0) is 6.54 Å². The number of anilines is 1. The minimum Gasteiger partial charge on any atom is -0.383 e. The molecule has 0 unspecified atom stereocenters. The number of nitriles is 1. The highest BCUT2D eigenvalue weighted by Crippen LogP contribution is 2.38. The Bertz CT molecular complexity index is 1330. The Kier molecular flexibility index (Phi) is 5.99. The monoisotopic (exact) mass is 423 g/mol. The third-order valence-corrected chi connectivity index (χ3v) is 5.27. The van der Waals surface area contributed by atoms with Crippen LogP contribution in [0.5, 0.6) is 0 Å². The molecule has 158 valence electrons. The maximum absolute atomic E-state index is 10.7. The summed E-state index contributed by atoms with van der Waals surface area (Å²) in [5, 5.41) is 13.6. The largest absolute Gasteiger partial charge is 0.383 e. The zero-order valence-electron chi connectivity index (χ0n) is 17.6. The molecule has 3 heterocycles. The number of aromatic nitrogens is 4. The summed E-state index contributed by atoms with van der Waals surface area (Å²) < 4.78 is 1.98. The average Bonchev–Trinajstić information content (AvgIpc) is 3.13. The van der Waals surface area contributed by atoms with Crippen molar-refractivity contribution in [3.05, 3.63) is 76.8 Å². The lowest BCUT2D eigenvalue weighted by molar-refractivity contribution is 0.661. The highest BCUT2D eigenvalue weighted by Gasteiger charge is 2.21. The molecule has 0 amide bonds. The van der Waals surface area contributed by atoms with Crippen LogP contribution in [0.1, 0.15) is 23.2 Å². The van der Waals surface area contributed by atoms with Crippen LogP contribution >= 0.6 is 0 Å². The van der Waals surface area contributed by atoms with Crippen LogP contribution in [0.25, 0.3) is 33.8 Å². The number of hydrogen-bond acceptors (Lipinski definition) is 7. The number of benzene rings is 1. The van der Waals surface area contributed by atoms with E-state index in [0.29, 0.717) is 35.4 Å². The van der Waals surface area contributed by atoms with Crippen molar-refractivity contribution in [2.24, 2.45) is 5.18 Å². The van der Waals surface area contributed by atoms with Gasteiger partial charge in [-0.1, -0.05) is 35.0 Å². The van der Waals surface area contributed by atoms with Gasteiger partial charge in [-0.2, -0.15) is 10.2 Å². The van der Waals surface area contributed by atoms with E-state index in [1.807, 2.05) is 41.8 Å². The lowest BCUT2D eigenvalue weighted by Gasteiger charge is -2.09. The Hall–Kier alpha value is -4.38. The second kappa shape index (κ2) is 9.18. The minimum atomic E-state index is 0.179. The molecular weight excluding hydrogens is 402 g/mol. The maximum Gasteiger partial charge on any atom is 0.146 e. The molecule has 0 saturated heterocycles. The molecular formula is C24H21N7O. The van der Waals surface area contributed by atoms with E-state index in [9.17, 15) is 10.2 Å². The summed E-state index contributed by atoms with van der Waals surface area (Å²) in [5.74, 6) is 0.356. The van der Waals surface area contributed by atoms with Crippen molar-refractivity contribution in [2.45, 2.75) is 19.9 Å². The lowest BCUT2D eigenvalue weighted by Crippen LogP contribution is -2.04. The van der Waals surface area contributed by atoms with Crippen LogP contribution in [0.15, 0.2) is 60.3 Å². The quantitative estimate of drug-likeness (QED) is 0.263. The molecule has 0 aliphatic rings. The predicted molar refractivity (Wildman–Crippen MR) is 125 cm³/mol. The highest BCUT2D eigenvalue weighted by atomic mass is 16.3. The van der Waals surface area contributed by atoms with Gasteiger partial charge in [0.2, 0.25) is 0 Å². The highest BCUT2D eigenvalue weighted by molar-refractivity contribution is 6.06. The van der Waals surface area contributed by atoms with E-state index >= 15 is 0 Å². The van der Waals surface area contributed by atoms with Crippen LogP contribution < -0.4 is 5.73 Å². The molecule has 3 aromatic heterocycles. The first kappa shape index (κ1) is 20.9. The van der Waals surface area contributed by atoms with E-state index < -0.39 is 0 Å². The van der Waals surface area contributed by atoms with E-state index in [-0.39, 0.29) is 6.54 Å². The molecule has 0 radical (unpaired) electrons. The molecule has 2 N–H and O–H groups in total. The molecule has 0 atom stereocenters. The molecule has 0 fully saturated rings. The SMILES string of the molecule is Cc1ccc(-c2c(C=C(C#N)c3ccncc3)n(CCCN=O)c3ncnc(N)c23)cc1. The molecule has 1 aromatic carbocycles. The predicted octanol–water partition coefficient (Wildman–Crippen LogP) is 4.60. The molecule has 8 heteroatoms. The Labute approximate surface area is 185 Å². The second-order valence-corrected chi connectivity index (χ2v) is 7.35. The summed E-state index contributed by atoms with van der Waals surface area (Å²) in [5.41, 5.74) is 11.9. The maximum atomic E-state index is 10.7. The van der Waals surface area contributed by atoms with Crippen molar-refractivity contribution in [3.8, 4) is 17.2 Å². The average molecular weight is 423 g/mol. The van der Waals surface area contributed by atoms with Gasteiger partial charge in [0, 0.05) is 24.5 Å². The Morgan fingerprint density at radius 1 is 1.19 bits per heavy atom. The molecule has 32 heavy (non-hydrogen) atoms. The molecule has 0 bridgehead atoms. The molecule has 8 nitrogen and oxygen atoms in total. The smallest absolute Gasteiger partial charge is 0.146 e. The van der Waals surface area contributed by atoms with E-state index in [1.54, 1.807) is 24.5 Å². The van der Waals surface area contributed by atoms with Crippen LogP contribution in [0.3, 0.4) is 0 Å². The third-order valence-electron chi connectivity index (χ3n) is 5.27. The van der Waals surface area contributed by atoms with E-state index in [2.05, 4.69) is 26.2 Å². The molecule has 0 spiro atoms. The number of hydrogen-bond donors (Lipinski definition) is 1. The number of aryl methyl sites for hydroxylation is 2. The first-order valence-electron chi connectivity index (χ1n) is 10.1. The fraction of sp³-hybridized carbons (Fsp3) is 0.167. The summed E-state index contributed by atoms with van der Waals surface area (Å²) in [6.07, 6.45) is 7.08. The van der Waals surface area contributed by atoms with Crippen LogP contribution in [-0.4, -0.2) is 26.1 Å². The normalized spacial score (nSPS) is 11.4. The first-order valence-corrected chi connectivity index (χ1v) is 10.1. The number of nitrogens with zero attached hydrogens (tertiary/aromatic N) is 6. The van der Waals surface area contributed by atoms with Crippen LogP contribution in [0.4, 0.5) is 5.82 Å². The van der Waals surface area contributed by atoms with Gasteiger partial charge in [-0.25, -0.2) is 9.97 Å². The summed E-state index contributed by atoms with van der Waals surface area (Å²) in [6.45, 7) is 2.69. The minimum absolute atomic E-state index is 0.179. The van der Waals surface area contributed by atoms with Crippen molar-refractivity contribution < 1.29 is 0 Å². The van der Waals surface area contributed by atoms with E-state index in [1.165, 1.54) is 6.33 Å². The standard InChI is InChI=1S/C24H21N7O/c1-16-3-5-18(6-4-16)21-20(13-19(14-25)17-7-10-27-11-8-17)31(12-2-9-30-32)24-22(21)23(26)28-15-29-24/h3-8,10-11,13,15H,2,9,12H2,1H3,(H2,26,28,29). The summed E-state index contributed by atoms with van der Waals surface area (Å²) in [6, 6.07) is 14.0. The molecule has 0 saturated carbocycles. The Morgan fingerprint density at radius 2 is 1.94 bits per heavy atom. The van der Waals surface area contributed by atoms with Gasteiger partial charge in [-0.05, 0) is 42.7 Å². The number of nitrogens with two attached hydrogens (primary N) is 1. The van der Waals surface area contributed by atoms with Gasteiger partial charge >= 0.3 is 0 Å². The fourth-order valence-corrected chi connectivity index (χ4v) is 3.74. The van der Waals surface area contributed by atoms with Crippen LogP contribution in [0, 0.1) is 23.2 Å². The van der Waals surface area contributed by atoms with Gasteiger partial charge in [0.25, 0.3) is 0 Å². The molecule has 4 rings (SSSR count). The number of rotatable bonds is 7. The summed E-state index contributed by atoms with van der Waals surface area (Å²) in [7, 11) is 0. The Balaban J connectivity index is 2.05. The number of nitroso groups, excluding NO2 is 1. The molecule has 0 aliphatic carbocycles. The van der Waals surface area contributed by atoms with Crippen molar-refractivity contribution >= 4 is 28.5 Å². The van der Waals surface area contributed by atoms with Crippen molar-refractivity contribution in [3.63, 3.8) is 0 Å². The molecule has 0 aliphatic heterocycles. The lowest BCUT2D eigenvalue weighted by atomic mass is 9.99. The van der Waals surface area contributed by atoms with Crippen molar-refractivity contribution in [2.75, 3.05) is 12.3 Å². The van der Waals surface area contributed by atoms with E-state index in [0.717, 1.165) is 27.9 Å². The first-order chi connectivity index (χ1) is 15.6. The van der Waals surface area contributed by atoms with Gasteiger partial charge in [0.1, 0.15) is 17.8 Å². The Morgan fingerprint density at radius 3 is 2.62 bits per heavy atom. The zero-order chi connectivity index (χ0) is 22.5. The molecule has 4 aromatic rings. The number of fused-ring (bicyclic) bond motifs is 1.